The predicted molar refractivity (Wildman–Crippen MR) is 97.8 cm³/mol. The molecule has 0 aliphatic carbocycles. The van der Waals surface area contributed by atoms with E-state index in [1.807, 2.05) is 24.3 Å². The van der Waals surface area contributed by atoms with Crippen LogP contribution in [0.15, 0.2) is 61.4 Å². The number of hydrogen-bond acceptors (Lipinski definition) is 4. The fourth-order valence-corrected chi connectivity index (χ4v) is 2.48. The maximum Gasteiger partial charge on any atom is 0.247 e. The highest BCUT2D eigenvalue weighted by Crippen LogP contribution is 2.26. The van der Waals surface area contributed by atoms with Gasteiger partial charge < -0.3 is 10.6 Å². The largest absolute Gasteiger partial charge is 0.340 e. The first kappa shape index (κ1) is 16.6. The quantitative estimate of drug-likeness (QED) is 0.668. The molecule has 1 amide bonds. The zero-order valence-corrected chi connectivity index (χ0v) is 13.5. The molecule has 0 radical (unpaired) electrons. The van der Waals surface area contributed by atoms with Crippen LogP contribution in [0.25, 0.3) is 10.9 Å². The van der Waals surface area contributed by atoms with Gasteiger partial charge in [0.25, 0.3) is 0 Å². The van der Waals surface area contributed by atoms with E-state index < -0.39 is 6.67 Å². The van der Waals surface area contributed by atoms with Gasteiger partial charge in [-0.1, -0.05) is 18.7 Å². The second-order valence-electron chi connectivity index (χ2n) is 5.41. The van der Waals surface area contributed by atoms with Crippen molar-refractivity contribution in [3.63, 3.8) is 0 Å². The number of carbonyl (C=O) groups is 1. The van der Waals surface area contributed by atoms with E-state index >= 15 is 0 Å². The number of amides is 1. The molecule has 126 valence electrons. The van der Waals surface area contributed by atoms with E-state index in [0.717, 1.165) is 22.2 Å². The predicted octanol–water partition coefficient (Wildman–Crippen LogP) is 4.01. The lowest BCUT2D eigenvalue weighted by atomic mass is 10.1. The minimum absolute atomic E-state index is 0.287. The molecule has 5 nitrogen and oxygen atoms in total. The minimum Gasteiger partial charge on any atom is -0.340 e. The molecular formula is C19H17FN4O. The van der Waals surface area contributed by atoms with Crippen LogP contribution in [0, 0.1) is 0 Å². The Balaban J connectivity index is 1.95. The minimum atomic E-state index is -0.397. The number of hydrogen-bond donors (Lipinski definition) is 2. The molecule has 0 spiro atoms. The zero-order chi connectivity index (χ0) is 17.6. The molecule has 0 saturated heterocycles. The van der Waals surface area contributed by atoms with Crippen molar-refractivity contribution >= 4 is 34.0 Å². The number of anilines is 3. The number of rotatable bonds is 6. The summed E-state index contributed by atoms with van der Waals surface area (Å²) in [7, 11) is 0. The van der Waals surface area contributed by atoms with Gasteiger partial charge in [-0.3, -0.25) is 9.18 Å². The van der Waals surface area contributed by atoms with Gasteiger partial charge in [0.1, 0.15) is 12.1 Å². The summed E-state index contributed by atoms with van der Waals surface area (Å²) in [5.41, 5.74) is 3.09. The monoisotopic (exact) mass is 336 g/mol. The molecule has 0 aliphatic heterocycles. The molecule has 3 rings (SSSR count). The van der Waals surface area contributed by atoms with E-state index in [2.05, 4.69) is 27.2 Å². The molecule has 0 unspecified atom stereocenters. The molecule has 3 aromatic rings. The lowest BCUT2D eigenvalue weighted by Gasteiger charge is -2.11. The zero-order valence-electron chi connectivity index (χ0n) is 13.5. The van der Waals surface area contributed by atoms with Crippen molar-refractivity contribution < 1.29 is 9.18 Å². The maximum atomic E-state index is 12.5. The Morgan fingerprint density at radius 2 is 2.04 bits per heavy atom. The van der Waals surface area contributed by atoms with Gasteiger partial charge in [0.05, 0.1) is 12.2 Å². The molecule has 0 fully saturated rings. The lowest BCUT2D eigenvalue weighted by Crippen LogP contribution is -2.07. The lowest BCUT2D eigenvalue weighted by molar-refractivity contribution is -0.111. The highest BCUT2D eigenvalue weighted by atomic mass is 19.1. The first-order chi connectivity index (χ1) is 12.2. The average Bonchev–Trinajstić information content (AvgIpc) is 2.63. The van der Waals surface area contributed by atoms with Crippen molar-refractivity contribution in [3.8, 4) is 0 Å². The number of benzene rings is 2. The first-order valence-corrected chi connectivity index (χ1v) is 7.79. The SMILES string of the molecule is C=CC(=O)Nc1ccc2ncnc(Nc3cccc(CCF)c3)c2c1. The Labute approximate surface area is 144 Å². The number of nitrogens with zero attached hydrogens (tertiary/aromatic N) is 2. The molecule has 1 heterocycles. The molecule has 6 heteroatoms. The molecule has 0 saturated carbocycles. The van der Waals surface area contributed by atoms with Gasteiger partial charge in [-0.25, -0.2) is 9.97 Å². The smallest absolute Gasteiger partial charge is 0.247 e. The van der Waals surface area contributed by atoms with Crippen LogP contribution in [-0.2, 0) is 11.2 Å². The van der Waals surface area contributed by atoms with Crippen molar-refractivity contribution in [2.24, 2.45) is 0 Å². The Kier molecular flexibility index (Phi) is 4.99. The van der Waals surface area contributed by atoms with E-state index in [4.69, 9.17) is 0 Å². The third-order valence-electron chi connectivity index (χ3n) is 3.66. The van der Waals surface area contributed by atoms with Crippen LogP contribution in [0.5, 0.6) is 0 Å². The van der Waals surface area contributed by atoms with Crippen LogP contribution in [-0.4, -0.2) is 22.5 Å². The van der Waals surface area contributed by atoms with E-state index in [1.165, 1.54) is 12.4 Å². The van der Waals surface area contributed by atoms with Gasteiger partial charge in [-0.05, 0) is 42.0 Å². The average molecular weight is 336 g/mol. The molecule has 2 aromatic carbocycles. The Bertz CT molecular complexity index is 926. The molecular weight excluding hydrogens is 319 g/mol. The van der Waals surface area contributed by atoms with Crippen LogP contribution in [0.3, 0.4) is 0 Å². The van der Waals surface area contributed by atoms with Crippen LogP contribution in [0.1, 0.15) is 5.56 Å². The van der Waals surface area contributed by atoms with E-state index in [9.17, 15) is 9.18 Å². The summed E-state index contributed by atoms with van der Waals surface area (Å²) in [6.45, 7) is 3.04. The van der Waals surface area contributed by atoms with Crippen LogP contribution < -0.4 is 10.6 Å². The van der Waals surface area contributed by atoms with E-state index in [0.29, 0.717) is 17.9 Å². The van der Waals surface area contributed by atoms with Crippen LogP contribution >= 0.6 is 0 Å². The van der Waals surface area contributed by atoms with Crippen molar-refractivity contribution in [3.05, 3.63) is 67.0 Å². The Morgan fingerprint density at radius 1 is 1.16 bits per heavy atom. The number of aromatic nitrogens is 2. The second kappa shape index (κ2) is 7.53. The highest BCUT2D eigenvalue weighted by Gasteiger charge is 2.07. The number of fused-ring (bicyclic) bond motifs is 1. The second-order valence-corrected chi connectivity index (χ2v) is 5.41. The van der Waals surface area contributed by atoms with Gasteiger partial charge in [-0.2, -0.15) is 0 Å². The summed E-state index contributed by atoms with van der Waals surface area (Å²) in [5, 5.41) is 6.72. The summed E-state index contributed by atoms with van der Waals surface area (Å²) in [4.78, 5) is 20.0. The summed E-state index contributed by atoms with van der Waals surface area (Å²) in [6, 6.07) is 12.9. The van der Waals surface area contributed by atoms with E-state index in [-0.39, 0.29) is 5.91 Å². The molecule has 0 atom stereocenters. The molecule has 0 bridgehead atoms. The third kappa shape index (κ3) is 3.98. The van der Waals surface area contributed by atoms with Crippen molar-refractivity contribution in [1.82, 2.24) is 9.97 Å². The number of aryl methyl sites for hydroxylation is 1. The van der Waals surface area contributed by atoms with Crippen molar-refractivity contribution in [1.29, 1.82) is 0 Å². The van der Waals surface area contributed by atoms with Gasteiger partial charge in [0.15, 0.2) is 0 Å². The fourth-order valence-electron chi connectivity index (χ4n) is 2.48. The Morgan fingerprint density at radius 3 is 2.84 bits per heavy atom. The number of carbonyl (C=O) groups excluding carboxylic acids is 1. The molecule has 25 heavy (non-hydrogen) atoms. The number of nitrogens with one attached hydrogen (secondary N) is 2. The van der Waals surface area contributed by atoms with E-state index in [1.54, 1.807) is 18.2 Å². The molecule has 0 aliphatic rings. The summed E-state index contributed by atoms with van der Waals surface area (Å²) >= 11 is 0. The molecule has 1 aromatic heterocycles. The highest BCUT2D eigenvalue weighted by molar-refractivity contribution is 6.01. The summed E-state index contributed by atoms with van der Waals surface area (Å²) < 4.78 is 12.5. The van der Waals surface area contributed by atoms with Gasteiger partial charge >= 0.3 is 0 Å². The van der Waals surface area contributed by atoms with Crippen LogP contribution in [0.2, 0.25) is 0 Å². The fraction of sp³-hybridized carbons (Fsp3) is 0.105. The van der Waals surface area contributed by atoms with Crippen LogP contribution in [0.4, 0.5) is 21.6 Å². The topological polar surface area (TPSA) is 66.9 Å². The molecule has 2 N–H and O–H groups in total. The van der Waals surface area contributed by atoms with Gasteiger partial charge in [0, 0.05) is 23.2 Å². The van der Waals surface area contributed by atoms with Crippen molar-refractivity contribution in [2.75, 3.05) is 17.3 Å². The number of halogens is 1. The van der Waals surface area contributed by atoms with Gasteiger partial charge in [-0.15, -0.1) is 0 Å². The normalized spacial score (nSPS) is 10.4. The first-order valence-electron chi connectivity index (χ1n) is 7.79. The number of alkyl halides is 1. The summed E-state index contributed by atoms with van der Waals surface area (Å²) in [5.74, 6) is 0.321. The van der Waals surface area contributed by atoms with Gasteiger partial charge in [0.2, 0.25) is 5.91 Å². The van der Waals surface area contributed by atoms with Crippen molar-refractivity contribution in [2.45, 2.75) is 6.42 Å². The summed E-state index contributed by atoms with van der Waals surface area (Å²) in [6.07, 6.45) is 3.05. The Hall–Kier alpha value is -3.28. The standard InChI is InChI=1S/C19H17FN4O/c1-2-18(25)23-15-6-7-17-16(11-15)19(22-12-21-17)24-14-5-3-4-13(10-14)8-9-20/h2-7,10-12H,1,8-9H2,(H,23,25)(H,21,22,24). The maximum absolute atomic E-state index is 12.5. The third-order valence-corrected chi connectivity index (χ3v) is 3.66.